The van der Waals surface area contributed by atoms with Crippen LogP contribution in [-0.4, -0.2) is 48.6 Å². The number of carboxylic acids is 1. The molecular weight excluding hydrogens is 368 g/mol. The maximum absolute atomic E-state index is 12.8. The molecule has 1 atom stereocenters. The molecule has 1 saturated carbocycles. The molecule has 142 valence electrons. The van der Waals surface area contributed by atoms with Gasteiger partial charge in [0.05, 0.1) is 4.90 Å². The van der Waals surface area contributed by atoms with E-state index in [1.54, 1.807) is 0 Å². The Hall–Kier alpha value is -2.03. The zero-order chi connectivity index (χ0) is 19.1. The van der Waals surface area contributed by atoms with Gasteiger partial charge in [-0.3, -0.25) is 4.79 Å². The summed E-state index contributed by atoms with van der Waals surface area (Å²) in [6, 6.07) is 3.27. The molecule has 1 unspecified atom stereocenters. The summed E-state index contributed by atoms with van der Waals surface area (Å²) in [4.78, 5) is 25.1. The first kappa shape index (κ1) is 18.8. The van der Waals surface area contributed by atoms with Crippen LogP contribution in [0.2, 0.25) is 0 Å². The second-order valence-electron chi connectivity index (χ2n) is 7.03. The number of carbonyl (C=O) groups is 2. The van der Waals surface area contributed by atoms with Crippen LogP contribution in [0.5, 0.6) is 0 Å². The standard InChI is InChI=1S/C17H19F2NO5S/c18-16(19)26(24,25)12-5-3-11(4-6-12)14(21)20-10-17(7-1-2-8-17)9-13(20)15(22)23/h3-6,13,16H,1-2,7-10H2,(H,22,23). The Morgan fingerprint density at radius 3 is 2.23 bits per heavy atom. The molecular formula is C17H19F2NO5S. The van der Waals surface area contributed by atoms with E-state index in [0.29, 0.717) is 13.0 Å². The van der Waals surface area contributed by atoms with Gasteiger partial charge in [0.1, 0.15) is 6.04 Å². The second-order valence-corrected chi connectivity index (χ2v) is 8.95. The van der Waals surface area contributed by atoms with Gasteiger partial charge in [-0.25, -0.2) is 13.2 Å². The summed E-state index contributed by atoms with van der Waals surface area (Å²) in [6.45, 7) is 0.347. The fourth-order valence-electron chi connectivity index (χ4n) is 4.03. The lowest BCUT2D eigenvalue weighted by Gasteiger charge is -2.24. The van der Waals surface area contributed by atoms with Crippen LogP contribution in [0.3, 0.4) is 0 Å². The number of alkyl halides is 2. The predicted molar refractivity (Wildman–Crippen MR) is 87.6 cm³/mol. The molecule has 0 bridgehead atoms. The smallest absolute Gasteiger partial charge is 0.341 e. The van der Waals surface area contributed by atoms with E-state index in [2.05, 4.69) is 0 Å². The average Bonchev–Trinajstić information content (AvgIpc) is 3.22. The van der Waals surface area contributed by atoms with Crippen molar-refractivity contribution in [1.29, 1.82) is 0 Å². The third kappa shape index (κ3) is 3.20. The molecule has 1 amide bonds. The highest BCUT2D eigenvalue weighted by Crippen LogP contribution is 2.48. The lowest BCUT2D eigenvalue weighted by atomic mass is 9.84. The number of carbonyl (C=O) groups excluding carboxylic acids is 1. The van der Waals surface area contributed by atoms with Gasteiger partial charge in [0.15, 0.2) is 0 Å². The fraction of sp³-hybridized carbons (Fsp3) is 0.529. The van der Waals surface area contributed by atoms with Crippen molar-refractivity contribution in [3.8, 4) is 0 Å². The highest BCUT2D eigenvalue weighted by Gasteiger charge is 2.49. The van der Waals surface area contributed by atoms with E-state index in [-0.39, 0.29) is 11.0 Å². The highest BCUT2D eigenvalue weighted by atomic mass is 32.2. The van der Waals surface area contributed by atoms with E-state index >= 15 is 0 Å². The van der Waals surface area contributed by atoms with Crippen molar-refractivity contribution in [3.05, 3.63) is 29.8 Å². The molecule has 2 aliphatic rings. The molecule has 1 aliphatic heterocycles. The van der Waals surface area contributed by atoms with Crippen LogP contribution in [0, 0.1) is 5.41 Å². The van der Waals surface area contributed by atoms with Gasteiger partial charge in [0.2, 0.25) is 9.84 Å². The molecule has 1 aromatic rings. The van der Waals surface area contributed by atoms with Crippen molar-refractivity contribution in [2.45, 2.75) is 48.8 Å². The van der Waals surface area contributed by atoms with Crippen LogP contribution in [-0.2, 0) is 14.6 Å². The minimum atomic E-state index is -4.73. The third-order valence-electron chi connectivity index (χ3n) is 5.38. The van der Waals surface area contributed by atoms with Gasteiger partial charge in [0.25, 0.3) is 5.91 Å². The van der Waals surface area contributed by atoms with Crippen molar-refractivity contribution >= 4 is 21.7 Å². The molecule has 9 heteroatoms. The lowest BCUT2D eigenvalue weighted by Crippen LogP contribution is -2.40. The van der Waals surface area contributed by atoms with E-state index < -0.39 is 38.4 Å². The Labute approximate surface area is 149 Å². The molecule has 0 aromatic heterocycles. The van der Waals surface area contributed by atoms with Crippen LogP contribution in [0.4, 0.5) is 8.78 Å². The number of sulfone groups is 1. The zero-order valence-corrected chi connectivity index (χ0v) is 14.7. The number of rotatable bonds is 4. The minimum Gasteiger partial charge on any atom is -0.480 e. The van der Waals surface area contributed by atoms with E-state index in [4.69, 9.17) is 0 Å². The van der Waals surface area contributed by atoms with Crippen molar-refractivity contribution in [2.75, 3.05) is 6.54 Å². The fourth-order valence-corrected chi connectivity index (χ4v) is 4.75. The van der Waals surface area contributed by atoms with Crippen molar-refractivity contribution < 1.29 is 31.9 Å². The predicted octanol–water partition coefficient (Wildman–Crippen LogP) is 2.54. The molecule has 1 spiro atoms. The lowest BCUT2D eigenvalue weighted by molar-refractivity contribution is -0.141. The maximum atomic E-state index is 12.8. The number of halogens is 2. The molecule has 2 fully saturated rings. The van der Waals surface area contributed by atoms with Crippen molar-refractivity contribution in [2.24, 2.45) is 5.41 Å². The SMILES string of the molecule is O=C(O)C1CC2(CCCC2)CN1C(=O)c1ccc(S(=O)(=O)C(F)F)cc1. The summed E-state index contributed by atoms with van der Waals surface area (Å²) < 4.78 is 48.1. The van der Waals surface area contributed by atoms with E-state index in [1.807, 2.05) is 0 Å². The number of likely N-dealkylation sites (tertiary alicyclic amines) is 1. The van der Waals surface area contributed by atoms with Crippen LogP contribution in [0.1, 0.15) is 42.5 Å². The Bertz CT molecular complexity index is 816. The van der Waals surface area contributed by atoms with Gasteiger partial charge in [-0.05, 0) is 48.9 Å². The Kier molecular flexibility index (Phi) is 4.76. The normalized spacial score (nSPS) is 22.3. The van der Waals surface area contributed by atoms with Crippen LogP contribution >= 0.6 is 0 Å². The first-order chi connectivity index (χ1) is 12.2. The van der Waals surface area contributed by atoms with Crippen molar-refractivity contribution in [1.82, 2.24) is 4.90 Å². The Morgan fingerprint density at radius 2 is 1.73 bits per heavy atom. The first-order valence-electron chi connectivity index (χ1n) is 8.32. The number of carboxylic acid groups (broad SMARTS) is 1. The number of nitrogens with zero attached hydrogens (tertiary/aromatic N) is 1. The van der Waals surface area contributed by atoms with Crippen LogP contribution in [0.15, 0.2) is 29.2 Å². The minimum absolute atomic E-state index is 0.0829. The third-order valence-corrected chi connectivity index (χ3v) is 6.78. The Morgan fingerprint density at radius 1 is 1.15 bits per heavy atom. The summed E-state index contributed by atoms with van der Waals surface area (Å²) in [5.41, 5.74) is -0.0861. The molecule has 1 aromatic carbocycles. The summed E-state index contributed by atoms with van der Waals surface area (Å²) in [7, 11) is -4.73. The van der Waals surface area contributed by atoms with E-state index in [1.165, 1.54) is 4.90 Å². The first-order valence-corrected chi connectivity index (χ1v) is 9.87. The molecule has 26 heavy (non-hydrogen) atoms. The number of benzene rings is 1. The van der Waals surface area contributed by atoms with Gasteiger partial charge >= 0.3 is 11.7 Å². The summed E-state index contributed by atoms with van der Waals surface area (Å²) >= 11 is 0. The summed E-state index contributed by atoms with van der Waals surface area (Å²) in [5, 5.41) is 9.48. The molecule has 1 N–H and O–H groups in total. The molecule has 1 aliphatic carbocycles. The Balaban J connectivity index is 1.85. The number of aliphatic carboxylic acids is 1. The highest BCUT2D eigenvalue weighted by molar-refractivity contribution is 7.91. The number of hydrogen-bond acceptors (Lipinski definition) is 4. The largest absolute Gasteiger partial charge is 0.480 e. The van der Waals surface area contributed by atoms with Crippen molar-refractivity contribution in [3.63, 3.8) is 0 Å². The molecule has 1 heterocycles. The van der Waals surface area contributed by atoms with Gasteiger partial charge in [-0.15, -0.1) is 0 Å². The van der Waals surface area contributed by atoms with Crippen LogP contribution in [0.25, 0.3) is 0 Å². The molecule has 6 nitrogen and oxygen atoms in total. The number of hydrogen-bond donors (Lipinski definition) is 1. The molecule has 1 saturated heterocycles. The zero-order valence-electron chi connectivity index (χ0n) is 13.9. The van der Waals surface area contributed by atoms with E-state index in [0.717, 1.165) is 49.9 Å². The monoisotopic (exact) mass is 387 g/mol. The van der Waals surface area contributed by atoms with E-state index in [9.17, 15) is 31.9 Å². The quantitative estimate of drug-likeness (QED) is 0.857. The molecule has 0 radical (unpaired) electrons. The van der Waals surface area contributed by atoms with Gasteiger partial charge in [-0.2, -0.15) is 8.78 Å². The van der Waals surface area contributed by atoms with Gasteiger partial charge < -0.3 is 10.0 Å². The maximum Gasteiger partial charge on any atom is 0.341 e. The number of amides is 1. The van der Waals surface area contributed by atoms with Crippen LogP contribution < -0.4 is 0 Å². The average molecular weight is 387 g/mol. The molecule has 3 rings (SSSR count). The summed E-state index contributed by atoms with van der Waals surface area (Å²) in [5.74, 6) is -5.14. The second kappa shape index (κ2) is 6.61. The topological polar surface area (TPSA) is 91.8 Å². The van der Waals surface area contributed by atoms with Gasteiger partial charge in [-0.1, -0.05) is 12.8 Å². The summed E-state index contributed by atoms with van der Waals surface area (Å²) in [6.07, 6.45) is 4.19. The van der Waals surface area contributed by atoms with Gasteiger partial charge in [0, 0.05) is 12.1 Å².